The molecule has 15 heteroatoms. The molecule has 1 aliphatic rings. The molecule has 0 saturated heterocycles. The van der Waals surface area contributed by atoms with E-state index in [2.05, 4.69) is 30.6 Å². The van der Waals surface area contributed by atoms with Gasteiger partial charge >= 0.3 is 0 Å². The lowest BCUT2D eigenvalue weighted by Crippen LogP contribution is -2.25. The van der Waals surface area contributed by atoms with Crippen LogP contribution in [0, 0.1) is 5.92 Å². The molecule has 3 N–H and O–H groups in total. The Labute approximate surface area is 215 Å². The highest BCUT2D eigenvalue weighted by Gasteiger charge is 2.43. The number of anilines is 4. The van der Waals surface area contributed by atoms with E-state index in [0.29, 0.717) is 11.3 Å². The highest BCUT2D eigenvalue weighted by Crippen LogP contribution is 2.38. The molecule has 4 aromatic rings. The zero-order valence-electron chi connectivity index (χ0n) is 20.4. The number of benzene rings is 1. The topological polar surface area (TPSA) is 138 Å². The first-order valence-electron chi connectivity index (χ1n) is 11.4. The SMILES string of the molecule is CN(c1cc(-c2cncn2C)ccc1Nc1cc(NC(=O)[C@H]2C[C@@H]2F)nc2[nH]c(C(F)F)nc12)S(C)(=O)=O. The number of pyridine rings is 1. The van der Waals surface area contributed by atoms with Gasteiger partial charge in [-0.05, 0) is 18.6 Å². The third kappa shape index (κ3) is 4.88. The minimum atomic E-state index is -3.70. The molecule has 0 spiro atoms. The Kier molecular flexibility index (Phi) is 6.25. The molecule has 3 heterocycles. The van der Waals surface area contributed by atoms with E-state index in [1.54, 1.807) is 42.3 Å². The molecule has 3 aromatic heterocycles. The van der Waals surface area contributed by atoms with Crippen molar-refractivity contribution in [1.29, 1.82) is 0 Å². The summed E-state index contributed by atoms with van der Waals surface area (Å²) in [5.41, 5.74) is 2.13. The van der Waals surface area contributed by atoms with Crippen LogP contribution in [0.3, 0.4) is 0 Å². The Morgan fingerprint density at radius 1 is 1.24 bits per heavy atom. The van der Waals surface area contributed by atoms with Crippen molar-refractivity contribution < 1.29 is 26.4 Å². The molecule has 0 bridgehead atoms. The van der Waals surface area contributed by atoms with Gasteiger partial charge in [0.2, 0.25) is 15.9 Å². The van der Waals surface area contributed by atoms with Crippen LogP contribution in [0.2, 0.25) is 0 Å². The number of imidazole rings is 2. The molecule has 1 aliphatic carbocycles. The van der Waals surface area contributed by atoms with Crippen LogP contribution in [0.5, 0.6) is 0 Å². The number of hydrogen-bond acceptors (Lipinski definition) is 7. The summed E-state index contributed by atoms with van der Waals surface area (Å²) in [5, 5.41) is 5.56. The van der Waals surface area contributed by atoms with Crippen LogP contribution in [0.4, 0.5) is 36.1 Å². The van der Waals surface area contributed by atoms with E-state index < -0.39 is 40.3 Å². The van der Waals surface area contributed by atoms with Gasteiger partial charge in [-0.1, -0.05) is 6.07 Å². The number of fused-ring (bicyclic) bond motifs is 1. The number of sulfonamides is 1. The van der Waals surface area contributed by atoms with Gasteiger partial charge in [0, 0.05) is 25.7 Å². The molecule has 2 atom stereocenters. The van der Waals surface area contributed by atoms with Gasteiger partial charge in [-0.25, -0.2) is 36.5 Å². The average molecular weight is 549 g/mol. The smallest absolute Gasteiger partial charge is 0.295 e. The number of rotatable bonds is 8. The third-order valence-electron chi connectivity index (χ3n) is 6.20. The molecule has 1 saturated carbocycles. The second-order valence-corrected chi connectivity index (χ2v) is 11.0. The summed E-state index contributed by atoms with van der Waals surface area (Å²) in [6.07, 6.45) is 0.231. The summed E-state index contributed by atoms with van der Waals surface area (Å²) < 4.78 is 67.9. The lowest BCUT2D eigenvalue weighted by atomic mass is 10.1. The first-order chi connectivity index (χ1) is 17.9. The molecular weight excluding hydrogens is 525 g/mol. The van der Waals surface area contributed by atoms with Gasteiger partial charge in [-0.15, -0.1) is 0 Å². The largest absolute Gasteiger partial charge is 0.352 e. The summed E-state index contributed by atoms with van der Waals surface area (Å²) in [6, 6.07) is 6.38. The molecule has 200 valence electrons. The van der Waals surface area contributed by atoms with Crippen LogP contribution < -0.4 is 14.9 Å². The molecule has 38 heavy (non-hydrogen) atoms. The van der Waals surface area contributed by atoms with Crippen molar-refractivity contribution in [2.45, 2.75) is 19.0 Å². The van der Waals surface area contributed by atoms with E-state index in [4.69, 9.17) is 0 Å². The van der Waals surface area contributed by atoms with Crippen LogP contribution in [-0.2, 0) is 21.9 Å². The Balaban J connectivity index is 1.60. The second kappa shape index (κ2) is 9.31. The van der Waals surface area contributed by atoms with E-state index >= 15 is 0 Å². The number of aromatic nitrogens is 5. The quantitative estimate of drug-likeness (QED) is 0.305. The Hall–Kier alpha value is -4.14. The number of nitrogens with zero attached hydrogens (tertiary/aromatic N) is 5. The van der Waals surface area contributed by atoms with E-state index in [0.717, 1.165) is 16.3 Å². The zero-order valence-corrected chi connectivity index (χ0v) is 21.2. The highest BCUT2D eigenvalue weighted by atomic mass is 32.2. The number of amides is 1. The highest BCUT2D eigenvalue weighted by molar-refractivity contribution is 7.92. The number of nitrogens with one attached hydrogen (secondary N) is 3. The van der Waals surface area contributed by atoms with Crippen molar-refractivity contribution in [2.75, 3.05) is 28.2 Å². The predicted octanol–water partition coefficient (Wildman–Crippen LogP) is 3.73. The Morgan fingerprint density at radius 2 is 1.97 bits per heavy atom. The summed E-state index contributed by atoms with van der Waals surface area (Å²) in [5.74, 6) is -2.03. The number of halogens is 3. The van der Waals surface area contributed by atoms with Crippen LogP contribution in [0.15, 0.2) is 36.8 Å². The molecule has 1 aromatic carbocycles. The molecule has 11 nitrogen and oxygen atoms in total. The number of H-pyrrole nitrogens is 1. The molecule has 0 aliphatic heterocycles. The average Bonchev–Trinajstić information content (AvgIpc) is 3.22. The van der Waals surface area contributed by atoms with E-state index in [9.17, 15) is 26.4 Å². The number of aromatic amines is 1. The molecule has 0 unspecified atom stereocenters. The predicted molar refractivity (Wildman–Crippen MR) is 136 cm³/mol. The summed E-state index contributed by atoms with van der Waals surface area (Å²) >= 11 is 0. The second-order valence-electron chi connectivity index (χ2n) is 9.00. The number of carbonyl (C=O) groups is 1. The molecular formula is C23H23F3N8O3S. The zero-order chi connectivity index (χ0) is 27.4. The van der Waals surface area contributed by atoms with Crippen molar-refractivity contribution in [3.63, 3.8) is 0 Å². The normalized spacial score (nSPS) is 17.1. The number of alkyl halides is 3. The fraction of sp³-hybridized carbons (Fsp3) is 0.304. The fourth-order valence-electron chi connectivity index (χ4n) is 3.94. The van der Waals surface area contributed by atoms with E-state index in [1.807, 2.05) is 0 Å². The molecule has 1 fully saturated rings. The van der Waals surface area contributed by atoms with Gasteiger partial charge in [-0.3, -0.25) is 9.10 Å². The number of hydrogen-bond donors (Lipinski definition) is 3. The summed E-state index contributed by atoms with van der Waals surface area (Å²) in [6.45, 7) is 0. The van der Waals surface area contributed by atoms with Crippen molar-refractivity contribution in [3.8, 4) is 11.3 Å². The van der Waals surface area contributed by atoms with Crippen LogP contribution in [-0.4, -0.2) is 58.3 Å². The van der Waals surface area contributed by atoms with Crippen molar-refractivity contribution >= 4 is 50.0 Å². The van der Waals surface area contributed by atoms with Gasteiger partial charge in [0.15, 0.2) is 11.5 Å². The van der Waals surface area contributed by atoms with Gasteiger partial charge in [0.05, 0.1) is 47.5 Å². The van der Waals surface area contributed by atoms with Gasteiger partial charge in [0.25, 0.3) is 6.43 Å². The maximum atomic E-state index is 13.4. The summed E-state index contributed by atoms with van der Waals surface area (Å²) in [4.78, 5) is 26.9. The molecule has 0 radical (unpaired) electrons. The van der Waals surface area contributed by atoms with Gasteiger partial charge in [-0.2, -0.15) is 0 Å². The lowest BCUT2D eigenvalue weighted by molar-refractivity contribution is -0.117. The number of carbonyl (C=O) groups excluding carboxylic acids is 1. The van der Waals surface area contributed by atoms with Crippen LogP contribution in [0.1, 0.15) is 18.7 Å². The standard InChI is InChI=1S/C23H23F3N8O3S/c1-33-10-27-9-17(33)11-4-5-14(16(6-11)34(2)38(3,36)37)28-15-8-18(30-23(35)12-7-13(12)24)29-21-19(15)31-22(32-21)20(25)26/h4-6,8-10,12-13,20H,7H2,1-3H3,(H3,28,29,30,31,32,35)/t12-,13-/m0/s1. The third-order valence-corrected chi connectivity index (χ3v) is 7.39. The van der Waals surface area contributed by atoms with E-state index in [-0.39, 0.29) is 34.8 Å². The van der Waals surface area contributed by atoms with Gasteiger partial charge < -0.3 is 20.2 Å². The minimum Gasteiger partial charge on any atom is -0.352 e. The monoisotopic (exact) mass is 548 g/mol. The minimum absolute atomic E-state index is 0.0157. The maximum absolute atomic E-state index is 13.4. The lowest BCUT2D eigenvalue weighted by Gasteiger charge is -2.22. The Bertz CT molecular complexity index is 1650. The van der Waals surface area contributed by atoms with Gasteiger partial charge in [0.1, 0.15) is 17.5 Å². The molecule has 1 amide bonds. The van der Waals surface area contributed by atoms with E-state index in [1.165, 1.54) is 13.1 Å². The maximum Gasteiger partial charge on any atom is 0.295 e. The first kappa shape index (κ1) is 25.5. The first-order valence-corrected chi connectivity index (χ1v) is 13.2. The van der Waals surface area contributed by atoms with Crippen LogP contribution >= 0.6 is 0 Å². The Morgan fingerprint density at radius 3 is 2.58 bits per heavy atom. The van der Waals surface area contributed by atoms with Crippen LogP contribution in [0.25, 0.3) is 22.4 Å². The van der Waals surface area contributed by atoms with Crippen molar-refractivity contribution in [1.82, 2.24) is 24.5 Å². The molecule has 5 rings (SSSR count). The van der Waals surface area contributed by atoms with Crippen molar-refractivity contribution in [2.24, 2.45) is 13.0 Å². The summed E-state index contributed by atoms with van der Waals surface area (Å²) in [7, 11) is -0.530. The fourth-order valence-corrected chi connectivity index (χ4v) is 4.45. The number of aryl methyl sites for hydroxylation is 1. The van der Waals surface area contributed by atoms with Crippen molar-refractivity contribution in [3.05, 3.63) is 42.6 Å².